The molecule has 0 unspecified atom stereocenters. The van der Waals surface area contributed by atoms with Crippen LogP contribution in [0.2, 0.25) is 0 Å². The van der Waals surface area contributed by atoms with Gasteiger partial charge >= 0.3 is 5.97 Å². The molecule has 30 heavy (non-hydrogen) atoms. The van der Waals surface area contributed by atoms with Crippen LogP contribution in [-0.4, -0.2) is 43.6 Å². The minimum Gasteiger partial charge on any atom is -0.426 e. The Balaban J connectivity index is 0.00000150. The lowest BCUT2D eigenvalue weighted by Gasteiger charge is -2.11. The van der Waals surface area contributed by atoms with Crippen LogP contribution in [0.3, 0.4) is 0 Å². The molecule has 0 bridgehead atoms. The van der Waals surface area contributed by atoms with Gasteiger partial charge in [0.15, 0.2) is 5.78 Å². The minimum absolute atomic E-state index is 0.0899. The standard InChI is InChI=1S/C21H29NO3.CH4O3S/c1-15(2)9-8-10-17(5)13-21(24)25-20-12-7-6-11-18(20)19(23)14-22-16(3)4;1-5(2,3)4/h6-7,9-12,16,22H,8,13-14H2,1-5H3;1H3,(H,2,3,4). The van der Waals surface area contributed by atoms with Gasteiger partial charge in [-0.2, -0.15) is 8.42 Å². The van der Waals surface area contributed by atoms with Crippen molar-refractivity contribution in [3.8, 4) is 5.75 Å². The van der Waals surface area contributed by atoms with E-state index in [0.717, 1.165) is 12.0 Å². The zero-order valence-electron chi connectivity index (χ0n) is 18.6. The van der Waals surface area contributed by atoms with Crippen molar-refractivity contribution < 1.29 is 27.3 Å². The Bertz CT molecular complexity index is 857. The summed E-state index contributed by atoms with van der Waals surface area (Å²) in [6.07, 6.45) is 5.84. The monoisotopic (exact) mass is 439 g/mol. The SMILES string of the molecule is CC(C)=CCC=C(C)CC(=O)Oc1ccccc1C(=O)CNC(C)C.CS(=O)(=O)O. The molecule has 0 fully saturated rings. The fourth-order valence-electron chi connectivity index (χ4n) is 2.13. The Labute approximate surface area is 180 Å². The van der Waals surface area contributed by atoms with E-state index in [1.54, 1.807) is 24.3 Å². The molecule has 0 saturated carbocycles. The first-order valence-corrected chi connectivity index (χ1v) is 11.4. The highest BCUT2D eigenvalue weighted by molar-refractivity contribution is 7.85. The number of rotatable bonds is 9. The van der Waals surface area contributed by atoms with Gasteiger partial charge in [0.2, 0.25) is 0 Å². The van der Waals surface area contributed by atoms with Crippen LogP contribution in [0.4, 0.5) is 0 Å². The molecule has 2 N–H and O–H groups in total. The van der Waals surface area contributed by atoms with Crippen molar-refractivity contribution in [1.29, 1.82) is 0 Å². The average molecular weight is 440 g/mol. The largest absolute Gasteiger partial charge is 0.426 e. The topological polar surface area (TPSA) is 110 Å². The predicted octanol–water partition coefficient (Wildman–Crippen LogP) is 3.97. The summed E-state index contributed by atoms with van der Waals surface area (Å²) >= 11 is 0. The van der Waals surface area contributed by atoms with E-state index < -0.39 is 10.1 Å². The highest BCUT2D eigenvalue weighted by Gasteiger charge is 2.15. The molecule has 1 aromatic rings. The van der Waals surface area contributed by atoms with Gasteiger partial charge in [-0.15, -0.1) is 0 Å². The molecule has 1 aromatic carbocycles. The number of hydrogen-bond acceptors (Lipinski definition) is 6. The summed E-state index contributed by atoms with van der Waals surface area (Å²) in [7, 11) is -3.67. The van der Waals surface area contributed by atoms with Crippen molar-refractivity contribution in [1.82, 2.24) is 5.32 Å². The number of esters is 1. The van der Waals surface area contributed by atoms with E-state index >= 15 is 0 Å². The van der Waals surface area contributed by atoms with Crippen LogP contribution in [0.15, 0.2) is 47.6 Å². The Morgan fingerprint density at radius 2 is 1.70 bits per heavy atom. The molecular formula is C22H33NO6S. The molecule has 1 rings (SSSR count). The first-order valence-electron chi connectivity index (χ1n) is 9.57. The summed E-state index contributed by atoms with van der Waals surface area (Å²) in [5.74, 6) is -0.129. The molecule has 0 atom stereocenters. The molecule has 0 saturated heterocycles. The van der Waals surface area contributed by atoms with E-state index in [0.29, 0.717) is 17.6 Å². The smallest absolute Gasteiger partial charge is 0.315 e. The summed E-state index contributed by atoms with van der Waals surface area (Å²) in [6.45, 7) is 10.2. The van der Waals surface area contributed by atoms with Crippen molar-refractivity contribution in [3.05, 3.63) is 53.1 Å². The fraction of sp³-hybridized carbons (Fsp3) is 0.455. The molecular weight excluding hydrogens is 406 g/mol. The highest BCUT2D eigenvalue weighted by Crippen LogP contribution is 2.20. The maximum Gasteiger partial charge on any atom is 0.315 e. The minimum atomic E-state index is -3.67. The van der Waals surface area contributed by atoms with Crippen molar-refractivity contribution in [2.24, 2.45) is 0 Å². The van der Waals surface area contributed by atoms with Gasteiger partial charge < -0.3 is 10.1 Å². The predicted molar refractivity (Wildman–Crippen MR) is 119 cm³/mol. The summed E-state index contributed by atoms with van der Waals surface area (Å²) in [4.78, 5) is 24.5. The quantitative estimate of drug-likeness (QED) is 0.197. The number of carbonyl (C=O) groups excluding carboxylic acids is 2. The lowest BCUT2D eigenvalue weighted by molar-refractivity contribution is -0.133. The second kappa shape index (κ2) is 13.8. The third-order valence-electron chi connectivity index (χ3n) is 3.50. The van der Waals surface area contributed by atoms with Crippen LogP contribution in [0.1, 0.15) is 57.8 Å². The molecule has 7 nitrogen and oxygen atoms in total. The first kappa shape index (κ1) is 27.7. The van der Waals surface area contributed by atoms with Crippen LogP contribution in [-0.2, 0) is 14.9 Å². The van der Waals surface area contributed by atoms with E-state index in [2.05, 4.69) is 11.4 Å². The fourth-order valence-corrected chi connectivity index (χ4v) is 2.13. The van der Waals surface area contributed by atoms with Gasteiger partial charge in [-0.3, -0.25) is 14.1 Å². The van der Waals surface area contributed by atoms with E-state index in [1.165, 1.54) is 5.57 Å². The number of allylic oxidation sites excluding steroid dienone is 3. The Morgan fingerprint density at radius 1 is 1.13 bits per heavy atom. The van der Waals surface area contributed by atoms with E-state index in [9.17, 15) is 18.0 Å². The second-order valence-corrected chi connectivity index (χ2v) is 8.87. The molecule has 8 heteroatoms. The van der Waals surface area contributed by atoms with Gasteiger partial charge in [-0.1, -0.05) is 49.3 Å². The van der Waals surface area contributed by atoms with Gasteiger partial charge in [0.1, 0.15) is 5.75 Å². The Hall–Kier alpha value is -2.29. The van der Waals surface area contributed by atoms with Gasteiger partial charge in [-0.05, 0) is 39.3 Å². The average Bonchev–Trinajstić information content (AvgIpc) is 2.58. The Morgan fingerprint density at radius 3 is 2.23 bits per heavy atom. The van der Waals surface area contributed by atoms with Crippen LogP contribution < -0.4 is 10.1 Å². The number of ketones is 1. The third-order valence-corrected chi connectivity index (χ3v) is 3.50. The number of Topliss-reactive ketones (excluding diaryl/α,β-unsaturated/α-hetero) is 1. The number of nitrogens with one attached hydrogen (secondary N) is 1. The normalized spacial score (nSPS) is 11.4. The van der Waals surface area contributed by atoms with Crippen LogP contribution in [0.5, 0.6) is 5.75 Å². The molecule has 0 amide bonds. The van der Waals surface area contributed by atoms with E-state index in [1.807, 2.05) is 40.7 Å². The lowest BCUT2D eigenvalue weighted by atomic mass is 10.1. The second-order valence-electron chi connectivity index (χ2n) is 7.41. The maximum absolute atomic E-state index is 12.3. The van der Waals surface area contributed by atoms with Gasteiger partial charge in [0, 0.05) is 6.04 Å². The van der Waals surface area contributed by atoms with Crippen molar-refractivity contribution in [3.63, 3.8) is 0 Å². The van der Waals surface area contributed by atoms with E-state index in [4.69, 9.17) is 9.29 Å². The molecule has 0 radical (unpaired) electrons. The molecule has 0 aliphatic rings. The Kier molecular flexibility index (Phi) is 12.8. The maximum atomic E-state index is 12.3. The summed E-state index contributed by atoms with van der Waals surface area (Å²) < 4.78 is 31.3. The molecule has 0 aromatic heterocycles. The molecule has 0 spiro atoms. The zero-order chi connectivity index (χ0) is 23.3. The number of benzene rings is 1. The third kappa shape index (κ3) is 15.6. The lowest BCUT2D eigenvalue weighted by Crippen LogP contribution is -2.29. The van der Waals surface area contributed by atoms with Gasteiger partial charge in [0.25, 0.3) is 10.1 Å². The molecule has 0 heterocycles. The molecule has 0 aliphatic heterocycles. The van der Waals surface area contributed by atoms with E-state index in [-0.39, 0.29) is 30.8 Å². The van der Waals surface area contributed by atoms with Crippen molar-refractivity contribution in [2.75, 3.05) is 12.8 Å². The number of para-hydroxylation sites is 1. The number of hydrogen-bond donors (Lipinski definition) is 2. The van der Waals surface area contributed by atoms with Crippen LogP contribution >= 0.6 is 0 Å². The molecule has 0 aliphatic carbocycles. The van der Waals surface area contributed by atoms with Crippen molar-refractivity contribution in [2.45, 2.75) is 53.5 Å². The zero-order valence-corrected chi connectivity index (χ0v) is 19.4. The van der Waals surface area contributed by atoms with Gasteiger partial charge in [0.05, 0.1) is 24.8 Å². The van der Waals surface area contributed by atoms with Crippen LogP contribution in [0, 0.1) is 0 Å². The van der Waals surface area contributed by atoms with Crippen molar-refractivity contribution >= 4 is 21.9 Å². The number of carbonyl (C=O) groups is 2. The molecule has 168 valence electrons. The van der Waals surface area contributed by atoms with Crippen LogP contribution in [0.25, 0.3) is 0 Å². The van der Waals surface area contributed by atoms with Gasteiger partial charge in [-0.25, -0.2) is 0 Å². The highest BCUT2D eigenvalue weighted by atomic mass is 32.2. The summed E-state index contributed by atoms with van der Waals surface area (Å²) in [5.41, 5.74) is 2.62. The summed E-state index contributed by atoms with van der Waals surface area (Å²) in [6, 6.07) is 7.08. The first-order chi connectivity index (χ1) is 13.8. The summed E-state index contributed by atoms with van der Waals surface area (Å²) in [5, 5.41) is 3.08. The number of ether oxygens (including phenoxy) is 1.